The number of amides is 1. The molecule has 0 radical (unpaired) electrons. The van der Waals surface area contributed by atoms with Crippen LogP contribution in [-0.2, 0) is 4.79 Å². The predicted octanol–water partition coefficient (Wildman–Crippen LogP) is 2.86. The van der Waals surface area contributed by atoms with Crippen LogP contribution in [0.15, 0.2) is 24.3 Å². The summed E-state index contributed by atoms with van der Waals surface area (Å²) in [5.74, 6) is 1.89. The lowest BCUT2D eigenvalue weighted by atomic mass is 9.93. The Bertz CT molecular complexity index is 452. The van der Waals surface area contributed by atoms with Gasteiger partial charge in [-0.15, -0.1) is 0 Å². The fraction of sp³-hybridized carbons (Fsp3) is 0.562. The summed E-state index contributed by atoms with van der Waals surface area (Å²) in [5.41, 5.74) is 1.24. The van der Waals surface area contributed by atoms with Crippen molar-refractivity contribution in [2.45, 2.75) is 38.0 Å². The summed E-state index contributed by atoms with van der Waals surface area (Å²) in [6.07, 6.45) is 5.53. The zero-order valence-corrected chi connectivity index (χ0v) is 11.2. The SMILES string of the molecule is O=C(NCC1CCOc2ccccc21)C1CCCC1. The largest absolute Gasteiger partial charge is 0.493 e. The minimum atomic E-state index is 0.251. The molecule has 0 saturated heterocycles. The number of ether oxygens (including phenoxy) is 1. The van der Waals surface area contributed by atoms with Crippen molar-refractivity contribution >= 4 is 5.91 Å². The molecular weight excluding hydrogens is 238 g/mol. The van der Waals surface area contributed by atoms with Crippen LogP contribution in [0, 0.1) is 5.92 Å². The zero-order chi connectivity index (χ0) is 13.1. The fourth-order valence-corrected chi connectivity index (χ4v) is 3.18. The van der Waals surface area contributed by atoms with Gasteiger partial charge >= 0.3 is 0 Å². The van der Waals surface area contributed by atoms with Gasteiger partial charge in [-0.1, -0.05) is 31.0 Å². The van der Waals surface area contributed by atoms with E-state index in [0.717, 1.165) is 38.2 Å². The maximum atomic E-state index is 12.1. The Morgan fingerprint density at radius 1 is 1.21 bits per heavy atom. The van der Waals surface area contributed by atoms with E-state index in [1.807, 2.05) is 18.2 Å². The first kappa shape index (κ1) is 12.5. The highest BCUT2D eigenvalue weighted by Gasteiger charge is 2.25. The number of rotatable bonds is 3. The fourth-order valence-electron chi connectivity index (χ4n) is 3.18. The van der Waals surface area contributed by atoms with Crippen molar-refractivity contribution in [3.8, 4) is 5.75 Å². The van der Waals surface area contributed by atoms with E-state index in [1.165, 1.54) is 18.4 Å². The van der Waals surface area contributed by atoms with Gasteiger partial charge in [-0.05, 0) is 30.9 Å². The van der Waals surface area contributed by atoms with Gasteiger partial charge < -0.3 is 10.1 Å². The molecule has 1 heterocycles. The highest BCUT2D eigenvalue weighted by Crippen LogP contribution is 2.33. The number of nitrogens with one attached hydrogen (secondary N) is 1. The third-order valence-corrected chi connectivity index (χ3v) is 4.33. The molecule has 1 saturated carbocycles. The Balaban J connectivity index is 1.60. The van der Waals surface area contributed by atoms with Crippen LogP contribution >= 0.6 is 0 Å². The van der Waals surface area contributed by atoms with E-state index in [-0.39, 0.29) is 11.8 Å². The molecule has 1 aliphatic heterocycles. The Morgan fingerprint density at radius 2 is 2.00 bits per heavy atom. The Labute approximate surface area is 114 Å². The van der Waals surface area contributed by atoms with Crippen LogP contribution in [0.2, 0.25) is 0 Å². The second-order valence-corrected chi connectivity index (χ2v) is 5.60. The number of fused-ring (bicyclic) bond motifs is 1. The number of carbonyl (C=O) groups excluding carboxylic acids is 1. The minimum absolute atomic E-state index is 0.251. The molecule has 0 spiro atoms. The molecule has 3 heteroatoms. The van der Waals surface area contributed by atoms with Gasteiger partial charge in [-0.2, -0.15) is 0 Å². The van der Waals surface area contributed by atoms with Crippen LogP contribution in [0.1, 0.15) is 43.6 Å². The van der Waals surface area contributed by atoms with Crippen molar-refractivity contribution in [3.05, 3.63) is 29.8 Å². The lowest BCUT2D eigenvalue weighted by Crippen LogP contribution is -2.34. The van der Waals surface area contributed by atoms with Crippen molar-refractivity contribution in [1.29, 1.82) is 0 Å². The molecule has 1 unspecified atom stereocenters. The van der Waals surface area contributed by atoms with E-state index >= 15 is 0 Å². The number of para-hydroxylation sites is 1. The first-order valence-corrected chi connectivity index (χ1v) is 7.34. The first-order chi connectivity index (χ1) is 9.34. The summed E-state index contributed by atoms with van der Waals surface area (Å²) in [6.45, 7) is 1.50. The summed E-state index contributed by atoms with van der Waals surface area (Å²) in [7, 11) is 0. The van der Waals surface area contributed by atoms with Crippen molar-refractivity contribution < 1.29 is 9.53 Å². The van der Waals surface area contributed by atoms with E-state index < -0.39 is 0 Å². The third-order valence-electron chi connectivity index (χ3n) is 4.33. The molecule has 102 valence electrons. The Kier molecular flexibility index (Phi) is 3.72. The van der Waals surface area contributed by atoms with E-state index in [0.29, 0.717) is 5.92 Å². The average Bonchev–Trinajstić information content (AvgIpc) is 2.99. The van der Waals surface area contributed by atoms with E-state index in [4.69, 9.17) is 4.74 Å². The van der Waals surface area contributed by atoms with Gasteiger partial charge in [0.15, 0.2) is 0 Å². The van der Waals surface area contributed by atoms with Crippen LogP contribution in [0.3, 0.4) is 0 Å². The molecule has 19 heavy (non-hydrogen) atoms. The lowest BCUT2D eigenvalue weighted by Gasteiger charge is -2.26. The maximum absolute atomic E-state index is 12.1. The zero-order valence-electron chi connectivity index (χ0n) is 11.2. The molecule has 0 aromatic heterocycles. The standard InChI is InChI=1S/C16H21NO2/c18-16(12-5-1-2-6-12)17-11-13-9-10-19-15-8-4-3-7-14(13)15/h3-4,7-8,12-13H,1-2,5-6,9-11H2,(H,17,18). The molecule has 1 aromatic rings. The van der Waals surface area contributed by atoms with Crippen LogP contribution in [-0.4, -0.2) is 19.1 Å². The van der Waals surface area contributed by atoms with Gasteiger partial charge in [0.25, 0.3) is 0 Å². The molecule has 0 bridgehead atoms. The van der Waals surface area contributed by atoms with Gasteiger partial charge in [0.05, 0.1) is 6.61 Å². The number of carbonyl (C=O) groups is 1. The van der Waals surface area contributed by atoms with Crippen molar-refractivity contribution in [2.24, 2.45) is 5.92 Å². The highest BCUT2D eigenvalue weighted by molar-refractivity contribution is 5.78. The van der Waals surface area contributed by atoms with Gasteiger partial charge in [0.1, 0.15) is 5.75 Å². The molecule has 3 nitrogen and oxygen atoms in total. The Hall–Kier alpha value is -1.51. The highest BCUT2D eigenvalue weighted by atomic mass is 16.5. The molecule has 3 rings (SSSR count). The average molecular weight is 259 g/mol. The molecule has 2 aliphatic rings. The van der Waals surface area contributed by atoms with Crippen LogP contribution in [0.25, 0.3) is 0 Å². The summed E-state index contributed by atoms with van der Waals surface area (Å²) < 4.78 is 5.65. The minimum Gasteiger partial charge on any atom is -0.493 e. The van der Waals surface area contributed by atoms with Crippen molar-refractivity contribution in [1.82, 2.24) is 5.32 Å². The van der Waals surface area contributed by atoms with E-state index in [1.54, 1.807) is 0 Å². The van der Waals surface area contributed by atoms with Crippen LogP contribution < -0.4 is 10.1 Å². The van der Waals surface area contributed by atoms with Gasteiger partial charge in [-0.3, -0.25) is 4.79 Å². The topological polar surface area (TPSA) is 38.3 Å². The molecule has 1 N–H and O–H groups in total. The summed E-state index contributed by atoms with van der Waals surface area (Å²) in [5, 5.41) is 3.14. The van der Waals surface area contributed by atoms with E-state index in [2.05, 4.69) is 11.4 Å². The molecule has 1 fully saturated rings. The molecule has 1 atom stereocenters. The number of hydrogen-bond donors (Lipinski definition) is 1. The summed E-state index contributed by atoms with van der Waals surface area (Å²) in [6, 6.07) is 8.17. The number of benzene rings is 1. The van der Waals surface area contributed by atoms with Crippen molar-refractivity contribution in [3.63, 3.8) is 0 Å². The molecular formula is C16H21NO2. The van der Waals surface area contributed by atoms with Crippen LogP contribution in [0.4, 0.5) is 0 Å². The second kappa shape index (κ2) is 5.64. The monoisotopic (exact) mass is 259 g/mol. The van der Waals surface area contributed by atoms with Gasteiger partial charge in [-0.25, -0.2) is 0 Å². The van der Waals surface area contributed by atoms with Gasteiger partial charge in [0.2, 0.25) is 5.91 Å². The predicted molar refractivity (Wildman–Crippen MR) is 74.3 cm³/mol. The second-order valence-electron chi connectivity index (χ2n) is 5.60. The van der Waals surface area contributed by atoms with Gasteiger partial charge in [0, 0.05) is 18.4 Å². The summed E-state index contributed by atoms with van der Waals surface area (Å²) >= 11 is 0. The maximum Gasteiger partial charge on any atom is 0.223 e. The first-order valence-electron chi connectivity index (χ1n) is 7.34. The molecule has 1 amide bonds. The lowest BCUT2D eigenvalue weighted by molar-refractivity contribution is -0.124. The molecule has 1 aromatic carbocycles. The smallest absolute Gasteiger partial charge is 0.223 e. The number of hydrogen-bond acceptors (Lipinski definition) is 2. The third kappa shape index (κ3) is 2.75. The molecule has 1 aliphatic carbocycles. The van der Waals surface area contributed by atoms with E-state index in [9.17, 15) is 4.79 Å². The summed E-state index contributed by atoms with van der Waals surface area (Å²) in [4.78, 5) is 12.1. The van der Waals surface area contributed by atoms with Crippen LogP contribution in [0.5, 0.6) is 5.75 Å². The quantitative estimate of drug-likeness (QED) is 0.906. The normalized spacial score (nSPS) is 22.6. The Morgan fingerprint density at radius 3 is 2.84 bits per heavy atom. The van der Waals surface area contributed by atoms with Crippen molar-refractivity contribution in [2.75, 3.05) is 13.2 Å².